The van der Waals surface area contributed by atoms with Crippen LogP contribution in [-0.4, -0.2) is 0 Å². The summed E-state index contributed by atoms with van der Waals surface area (Å²) < 4.78 is 34.9. The topological polar surface area (TPSA) is 68.1 Å². The number of aromatic nitrogens is 4. The van der Waals surface area contributed by atoms with E-state index in [1.54, 1.807) is 0 Å². The molecule has 0 bridgehead atoms. The van der Waals surface area contributed by atoms with E-state index in [0.717, 1.165) is 51.1 Å². The van der Waals surface area contributed by atoms with Crippen LogP contribution in [0.2, 0.25) is 0 Å². The van der Waals surface area contributed by atoms with Crippen molar-refractivity contribution < 1.29 is 35.9 Å². The Labute approximate surface area is 671 Å². The first kappa shape index (κ1) is 72.7. The third-order valence-corrected chi connectivity index (χ3v) is 25.6. The highest BCUT2D eigenvalue weighted by atomic mass is 16.3. The molecule has 0 aliphatic heterocycles. The number of hydrogen-bond acceptors (Lipinski definition) is 4. The molecule has 0 N–H and O–H groups in total. The lowest BCUT2D eigenvalue weighted by Gasteiger charge is -2.12. The van der Waals surface area contributed by atoms with E-state index in [2.05, 4.69) is 350 Å². The van der Waals surface area contributed by atoms with Crippen molar-refractivity contribution in [2.24, 2.45) is 28.2 Å². The lowest BCUT2D eigenvalue weighted by atomic mass is 9.92. The number of pyridine rings is 4. The van der Waals surface area contributed by atoms with Gasteiger partial charge in [0.1, 0.15) is 72.9 Å². The van der Waals surface area contributed by atoms with Gasteiger partial charge in [0.2, 0.25) is 22.8 Å². The molecule has 2 fully saturated rings. The van der Waals surface area contributed by atoms with Gasteiger partial charge in [-0.05, 0) is 191 Å². The highest BCUT2D eigenvalue weighted by Crippen LogP contribution is 2.49. The number of rotatable bonds is 8. The van der Waals surface area contributed by atoms with Crippen molar-refractivity contribution in [2.75, 3.05) is 0 Å². The standard InChI is InChI=1S/2C28H26NO.C26H24NO.C25H22NO/c2*1-18-21-11-5-6-12-22(21)27-23-13-7-8-14-25(23)30-28(27)26(18)24-16-15-20(17-29(24)2)19-9-3-4-10-19;1-16(2)18-13-14-22(27(4)15-18)24-17(3)19-9-5-6-10-20(19)25-21-11-7-8-12-23(21)28-26(24)25;1-4-17-13-14-21(26(3)15-17)23-16(2)18-9-5-6-10-19(18)24-20-11-7-8-12-22(20)27-25(23)24/h2*5-8,11-17,19H,3-4,9-10H2,1-2H3;5-16H,1-4H3;5-15H,4H2,1-3H3/q4*+1. The lowest BCUT2D eigenvalue weighted by molar-refractivity contribution is -0.661. The Kier molecular flexibility index (Phi) is 18.8. The SMILES string of the molecule is CCc1ccc(-c2c(C)c3ccccc3c3c2oc2ccccc23)[n+](C)c1.Cc1c(-c2ccc(C(C)C)c[n+]2C)c2oc3ccccc3c2c2ccccc12.Cc1c(-c2ccc(C3CCCC3)c[n+]2C)c2oc3ccccc3c2c2ccccc12.Cc1c(-c2ccc(C3CCCC3)c[n+]2C)c2oc3ccccc3c2c2ccccc12. The summed E-state index contributed by atoms with van der Waals surface area (Å²) in [5.74, 6) is 1.94. The Morgan fingerprint density at radius 1 is 0.287 bits per heavy atom. The fourth-order valence-electron chi connectivity index (χ4n) is 19.7. The van der Waals surface area contributed by atoms with E-state index in [-0.39, 0.29) is 0 Å². The summed E-state index contributed by atoms with van der Waals surface area (Å²) in [5.41, 5.74) is 28.0. The first-order chi connectivity index (χ1) is 56.2. The van der Waals surface area contributed by atoms with Crippen LogP contribution in [0.15, 0.2) is 285 Å². The van der Waals surface area contributed by atoms with E-state index >= 15 is 0 Å². The second-order valence-corrected chi connectivity index (χ2v) is 32.8. The van der Waals surface area contributed by atoms with Gasteiger partial charge in [-0.25, -0.2) is 18.3 Å². The molecular formula is C107H98N4O4+4. The van der Waals surface area contributed by atoms with Crippen molar-refractivity contribution in [2.45, 2.75) is 124 Å². The van der Waals surface area contributed by atoms with Crippen molar-refractivity contribution in [1.82, 2.24) is 0 Å². The highest BCUT2D eigenvalue weighted by molar-refractivity contribution is 6.27. The molecule has 20 aromatic rings. The van der Waals surface area contributed by atoms with Gasteiger partial charge in [0.15, 0.2) is 24.8 Å². The molecule has 0 unspecified atom stereocenters. The third kappa shape index (κ3) is 12.5. The molecule has 2 aliphatic rings. The van der Waals surface area contributed by atoms with Crippen LogP contribution in [-0.2, 0) is 34.6 Å². The predicted octanol–water partition coefficient (Wildman–Crippen LogP) is 27.2. The maximum atomic E-state index is 6.50. The van der Waals surface area contributed by atoms with Gasteiger partial charge < -0.3 is 17.7 Å². The van der Waals surface area contributed by atoms with Crippen LogP contribution in [0.5, 0.6) is 0 Å². The Hall–Kier alpha value is -12.5. The van der Waals surface area contributed by atoms with E-state index < -0.39 is 0 Å². The summed E-state index contributed by atoms with van der Waals surface area (Å²) in [6.07, 6.45) is 20.9. The maximum absolute atomic E-state index is 6.50. The van der Waals surface area contributed by atoms with Gasteiger partial charge in [0.05, 0.1) is 22.3 Å². The maximum Gasteiger partial charge on any atom is 0.216 e. The van der Waals surface area contributed by atoms with Crippen LogP contribution in [0.25, 0.3) is 176 Å². The largest absolute Gasteiger partial charge is 0.455 e. The molecular weight excluding hydrogens is 1410 g/mol. The van der Waals surface area contributed by atoms with Crippen molar-refractivity contribution in [3.8, 4) is 45.0 Å². The molecule has 8 heteroatoms. The molecule has 0 atom stereocenters. The molecule has 0 saturated heterocycles. The Bertz CT molecular complexity index is 7030. The molecule has 566 valence electrons. The van der Waals surface area contributed by atoms with Crippen LogP contribution in [0, 0.1) is 27.7 Å². The van der Waals surface area contributed by atoms with E-state index in [9.17, 15) is 0 Å². The first-order valence-corrected chi connectivity index (χ1v) is 41.5. The van der Waals surface area contributed by atoms with Gasteiger partial charge in [0, 0.05) is 89.6 Å². The van der Waals surface area contributed by atoms with E-state index in [1.165, 1.54) is 227 Å². The summed E-state index contributed by atoms with van der Waals surface area (Å²) in [6, 6.07) is 86.5. The van der Waals surface area contributed by atoms with Gasteiger partial charge in [-0.1, -0.05) is 216 Å². The second kappa shape index (κ2) is 29.8. The van der Waals surface area contributed by atoms with Crippen molar-refractivity contribution >= 4 is 131 Å². The molecule has 0 amide bonds. The van der Waals surface area contributed by atoms with Crippen molar-refractivity contribution in [3.05, 3.63) is 312 Å². The second-order valence-electron chi connectivity index (χ2n) is 32.8. The predicted molar refractivity (Wildman–Crippen MR) is 476 cm³/mol. The Morgan fingerprint density at radius 2 is 0.539 bits per heavy atom. The number of nitrogens with zero attached hydrogens (tertiary/aromatic N) is 4. The number of furan rings is 4. The number of benzene rings is 12. The average molecular weight is 1500 g/mol. The van der Waals surface area contributed by atoms with E-state index in [1.807, 2.05) is 12.1 Å². The quantitative estimate of drug-likeness (QED) is 0.142. The minimum atomic E-state index is 0.504. The van der Waals surface area contributed by atoms with E-state index in [4.69, 9.17) is 17.7 Å². The summed E-state index contributed by atoms with van der Waals surface area (Å²) in [7, 11) is 8.61. The summed E-state index contributed by atoms with van der Waals surface area (Å²) in [5, 5.41) is 19.8. The lowest BCUT2D eigenvalue weighted by Crippen LogP contribution is -2.31. The first-order valence-electron chi connectivity index (χ1n) is 41.5. The van der Waals surface area contributed by atoms with E-state index in [0.29, 0.717) is 17.8 Å². The van der Waals surface area contributed by atoms with Gasteiger partial charge in [-0.15, -0.1) is 0 Å². The number of hydrogen-bond donors (Lipinski definition) is 0. The van der Waals surface area contributed by atoms with Gasteiger partial charge in [0.25, 0.3) is 0 Å². The van der Waals surface area contributed by atoms with Gasteiger partial charge in [-0.2, -0.15) is 0 Å². The molecule has 8 heterocycles. The van der Waals surface area contributed by atoms with Gasteiger partial charge >= 0.3 is 0 Å². The van der Waals surface area contributed by atoms with Crippen LogP contribution in [0.1, 0.15) is 134 Å². The van der Waals surface area contributed by atoms with Crippen LogP contribution >= 0.6 is 0 Å². The molecule has 8 aromatic heterocycles. The molecule has 0 spiro atoms. The number of fused-ring (bicyclic) bond motifs is 20. The fourth-order valence-corrected chi connectivity index (χ4v) is 19.7. The molecule has 2 saturated carbocycles. The summed E-state index contributed by atoms with van der Waals surface area (Å²) in [4.78, 5) is 0. The molecule has 8 nitrogen and oxygen atoms in total. The molecule has 115 heavy (non-hydrogen) atoms. The Morgan fingerprint density at radius 3 is 0.809 bits per heavy atom. The van der Waals surface area contributed by atoms with Crippen molar-refractivity contribution in [1.29, 1.82) is 0 Å². The van der Waals surface area contributed by atoms with Crippen LogP contribution in [0.3, 0.4) is 0 Å². The minimum absolute atomic E-state index is 0.504. The fraction of sp³-hybridized carbons (Fsp3) is 0.215. The van der Waals surface area contributed by atoms with Crippen LogP contribution in [0.4, 0.5) is 0 Å². The monoisotopic (exact) mass is 1500 g/mol. The summed E-state index contributed by atoms with van der Waals surface area (Å²) >= 11 is 0. The van der Waals surface area contributed by atoms with Gasteiger partial charge in [-0.3, -0.25) is 0 Å². The van der Waals surface area contributed by atoms with Crippen LogP contribution < -0.4 is 18.3 Å². The zero-order valence-corrected chi connectivity index (χ0v) is 67.9. The minimum Gasteiger partial charge on any atom is -0.455 e. The molecule has 12 aromatic carbocycles. The third-order valence-electron chi connectivity index (χ3n) is 25.6. The zero-order chi connectivity index (χ0) is 78.4. The zero-order valence-electron chi connectivity index (χ0n) is 67.9. The highest BCUT2D eigenvalue weighted by Gasteiger charge is 2.31. The van der Waals surface area contributed by atoms with Crippen molar-refractivity contribution in [3.63, 3.8) is 0 Å². The molecule has 2 aliphatic carbocycles. The summed E-state index contributed by atoms with van der Waals surface area (Å²) in [6.45, 7) is 15.5. The smallest absolute Gasteiger partial charge is 0.216 e. The molecule has 22 rings (SSSR count). The number of para-hydroxylation sites is 4. The normalized spacial score (nSPS) is 13.5. The average Bonchev–Trinajstić information content (AvgIpc) is 1.63. The molecule has 0 radical (unpaired) electrons. The number of aryl methyl sites for hydroxylation is 9. The Balaban J connectivity index is 0.000000103.